The predicted molar refractivity (Wildman–Crippen MR) is 83.6 cm³/mol. The third-order valence-electron chi connectivity index (χ3n) is 4.75. The summed E-state index contributed by atoms with van der Waals surface area (Å²) >= 11 is 0. The van der Waals surface area contributed by atoms with Gasteiger partial charge in [-0.25, -0.2) is 5.10 Å². The summed E-state index contributed by atoms with van der Waals surface area (Å²) in [5.74, 6) is 0.801. The first kappa shape index (κ1) is 12.8. The molecule has 0 amide bonds. The van der Waals surface area contributed by atoms with Gasteiger partial charge in [-0.05, 0) is 31.7 Å². The number of aromatic amines is 1. The lowest BCUT2D eigenvalue weighted by atomic mass is 9.84. The third-order valence-corrected chi connectivity index (χ3v) is 4.75. The molecule has 2 aliphatic heterocycles. The largest absolute Gasteiger partial charge is 0.365 e. The van der Waals surface area contributed by atoms with E-state index < -0.39 is 0 Å². The fourth-order valence-electron chi connectivity index (χ4n) is 3.80. The SMILES string of the molecule is O=c1[nH]nc(N[C@H]2C[C@H]3CCC[C@@H](C2)N3)c2ccccc12. The Morgan fingerprint density at radius 2 is 1.81 bits per heavy atom. The minimum Gasteiger partial charge on any atom is -0.365 e. The lowest BCUT2D eigenvalue weighted by Crippen LogP contribution is -2.52. The Morgan fingerprint density at radius 3 is 2.57 bits per heavy atom. The zero-order chi connectivity index (χ0) is 14.2. The van der Waals surface area contributed by atoms with Gasteiger partial charge in [0.2, 0.25) is 0 Å². The van der Waals surface area contributed by atoms with E-state index >= 15 is 0 Å². The van der Waals surface area contributed by atoms with Gasteiger partial charge in [-0.1, -0.05) is 24.6 Å². The van der Waals surface area contributed by atoms with E-state index in [4.69, 9.17) is 0 Å². The van der Waals surface area contributed by atoms with E-state index in [-0.39, 0.29) is 5.56 Å². The molecule has 4 rings (SSSR count). The van der Waals surface area contributed by atoms with Crippen molar-refractivity contribution in [3.05, 3.63) is 34.6 Å². The summed E-state index contributed by atoms with van der Waals surface area (Å²) in [6.07, 6.45) is 6.15. The van der Waals surface area contributed by atoms with Crippen LogP contribution in [0, 0.1) is 0 Å². The molecule has 3 N–H and O–H groups in total. The van der Waals surface area contributed by atoms with Gasteiger partial charge in [0.15, 0.2) is 5.82 Å². The van der Waals surface area contributed by atoms with Crippen LogP contribution in [0.25, 0.3) is 10.8 Å². The number of nitrogens with zero attached hydrogens (tertiary/aromatic N) is 1. The smallest absolute Gasteiger partial charge is 0.272 e. The molecular weight excluding hydrogens is 264 g/mol. The summed E-state index contributed by atoms with van der Waals surface area (Å²) in [4.78, 5) is 11.8. The van der Waals surface area contributed by atoms with Crippen LogP contribution in [0.1, 0.15) is 32.1 Å². The van der Waals surface area contributed by atoms with Crippen molar-refractivity contribution in [2.75, 3.05) is 5.32 Å². The summed E-state index contributed by atoms with van der Waals surface area (Å²) in [6, 6.07) is 9.33. The first-order valence-electron chi connectivity index (χ1n) is 7.79. The molecule has 110 valence electrons. The Bertz CT molecular complexity index is 699. The standard InChI is InChI=1S/C16H20N4O/c21-16-14-7-2-1-6-13(14)15(19-20-16)18-12-8-10-4-3-5-11(9-12)17-10/h1-2,6-7,10-12,17H,3-5,8-9H2,(H,18,19)(H,20,21)/t10-,11+,12+. The highest BCUT2D eigenvalue weighted by Gasteiger charge is 2.31. The van der Waals surface area contributed by atoms with E-state index in [1.54, 1.807) is 0 Å². The number of nitrogens with one attached hydrogen (secondary N) is 3. The molecular formula is C16H20N4O. The maximum atomic E-state index is 11.8. The van der Waals surface area contributed by atoms with Crippen molar-refractivity contribution >= 4 is 16.6 Å². The molecule has 3 atom stereocenters. The summed E-state index contributed by atoms with van der Waals surface area (Å²) in [5.41, 5.74) is -0.127. The van der Waals surface area contributed by atoms with Crippen LogP contribution in [0.15, 0.2) is 29.1 Å². The Kier molecular flexibility index (Phi) is 3.15. The number of hydrogen-bond acceptors (Lipinski definition) is 4. The van der Waals surface area contributed by atoms with Crippen molar-refractivity contribution in [1.29, 1.82) is 0 Å². The Balaban J connectivity index is 1.63. The molecule has 0 spiro atoms. The number of rotatable bonds is 2. The lowest BCUT2D eigenvalue weighted by Gasteiger charge is -2.40. The van der Waals surface area contributed by atoms with E-state index in [1.807, 2.05) is 24.3 Å². The molecule has 3 heterocycles. The predicted octanol–water partition coefficient (Wildman–Crippen LogP) is 2.01. The highest BCUT2D eigenvalue weighted by molar-refractivity contribution is 5.90. The van der Waals surface area contributed by atoms with Gasteiger partial charge in [0.05, 0.1) is 5.39 Å². The molecule has 0 radical (unpaired) electrons. The van der Waals surface area contributed by atoms with Crippen LogP contribution < -0.4 is 16.2 Å². The maximum Gasteiger partial charge on any atom is 0.272 e. The van der Waals surface area contributed by atoms with Gasteiger partial charge < -0.3 is 10.6 Å². The van der Waals surface area contributed by atoms with Crippen LogP contribution in [0.2, 0.25) is 0 Å². The Morgan fingerprint density at radius 1 is 1.10 bits per heavy atom. The summed E-state index contributed by atoms with van der Waals surface area (Å²) in [7, 11) is 0. The number of H-pyrrole nitrogens is 1. The Labute approximate surface area is 123 Å². The lowest BCUT2D eigenvalue weighted by molar-refractivity contribution is 0.230. The number of hydrogen-bond donors (Lipinski definition) is 3. The molecule has 0 aliphatic carbocycles. The monoisotopic (exact) mass is 284 g/mol. The fourth-order valence-corrected chi connectivity index (χ4v) is 3.80. The van der Waals surface area contributed by atoms with Crippen LogP contribution in [-0.4, -0.2) is 28.3 Å². The van der Waals surface area contributed by atoms with E-state index in [1.165, 1.54) is 19.3 Å². The van der Waals surface area contributed by atoms with Crippen molar-refractivity contribution in [2.24, 2.45) is 0 Å². The van der Waals surface area contributed by atoms with Crippen molar-refractivity contribution < 1.29 is 0 Å². The van der Waals surface area contributed by atoms with E-state index in [2.05, 4.69) is 20.8 Å². The first-order valence-corrected chi connectivity index (χ1v) is 7.79. The second-order valence-corrected chi connectivity index (χ2v) is 6.25. The van der Waals surface area contributed by atoms with Crippen molar-refractivity contribution in [3.8, 4) is 0 Å². The van der Waals surface area contributed by atoms with Crippen LogP contribution in [0.3, 0.4) is 0 Å². The molecule has 5 nitrogen and oxygen atoms in total. The third kappa shape index (κ3) is 2.42. The van der Waals surface area contributed by atoms with Crippen LogP contribution >= 0.6 is 0 Å². The van der Waals surface area contributed by atoms with E-state index in [0.29, 0.717) is 23.5 Å². The highest BCUT2D eigenvalue weighted by atomic mass is 16.1. The normalized spacial score (nSPS) is 28.5. The average molecular weight is 284 g/mol. The number of aromatic nitrogens is 2. The van der Waals surface area contributed by atoms with Crippen molar-refractivity contribution in [2.45, 2.75) is 50.2 Å². The first-order chi connectivity index (χ1) is 10.3. The van der Waals surface area contributed by atoms with Crippen LogP contribution in [0.5, 0.6) is 0 Å². The molecule has 0 unspecified atom stereocenters. The minimum absolute atomic E-state index is 0.127. The van der Waals surface area contributed by atoms with Gasteiger partial charge in [-0.2, -0.15) is 5.10 Å². The molecule has 2 aliphatic rings. The van der Waals surface area contributed by atoms with E-state index in [9.17, 15) is 4.79 Å². The second-order valence-electron chi connectivity index (χ2n) is 6.25. The minimum atomic E-state index is -0.127. The Hall–Kier alpha value is -1.88. The molecule has 5 heteroatoms. The number of anilines is 1. The topological polar surface area (TPSA) is 69.8 Å². The molecule has 2 fully saturated rings. The molecule has 1 aromatic heterocycles. The number of benzene rings is 1. The van der Waals surface area contributed by atoms with Crippen molar-refractivity contribution in [3.63, 3.8) is 0 Å². The molecule has 2 aromatic rings. The number of fused-ring (bicyclic) bond motifs is 3. The van der Waals surface area contributed by atoms with Gasteiger partial charge in [-0.3, -0.25) is 4.79 Å². The van der Waals surface area contributed by atoms with Gasteiger partial charge in [-0.15, -0.1) is 0 Å². The van der Waals surface area contributed by atoms with Gasteiger partial charge in [0.25, 0.3) is 5.56 Å². The van der Waals surface area contributed by atoms with Crippen LogP contribution in [0.4, 0.5) is 5.82 Å². The maximum absolute atomic E-state index is 11.8. The fraction of sp³-hybridized carbons (Fsp3) is 0.500. The molecule has 1 aromatic carbocycles. The zero-order valence-electron chi connectivity index (χ0n) is 11.9. The number of piperidine rings is 2. The van der Waals surface area contributed by atoms with Gasteiger partial charge in [0, 0.05) is 23.5 Å². The molecule has 2 bridgehead atoms. The molecule has 21 heavy (non-hydrogen) atoms. The molecule has 0 saturated carbocycles. The quantitative estimate of drug-likeness (QED) is 0.789. The molecule has 2 saturated heterocycles. The van der Waals surface area contributed by atoms with Crippen molar-refractivity contribution in [1.82, 2.24) is 15.5 Å². The summed E-state index contributed by atoms with van der Waals surface area (Å²) in [5, 5.41) is 15.7. The zero-order valence-corrected chi connectivity index (χ0v) is 11.9. The van der Waals surface area contributed by atoms with Gasteiger partial charge >= 0.3 is 0 Å². The summed E-state index contributed by atoms with van der Waals surface area (Å²) in [6.45, 7) is 0. The summed E-state index contributed by atoms with van der Waals surface area (Å²) < 4.78 is 0. The van der Waals surface area contributed by atoms with Gasteiger partial charge in [0.1, 0.15) is 0 Å². The second kappa shape index (κ2) is 5.15. The van der Waals surface area contributed by atoms with E-state index in [0.717, 1.165) is 24.0 Å². The van der Waals surface area contributed by atoms with Crippen LogP contribution in [-0.2, 0) is 0 Å². The average Bonchev–Trinajstić information content (AvgIpc) is 2.50. The highest BCUT2D eigenvalue weighted by Crippen LogP contribution is 2.28.